The number of hydrogen-bond acceptors (Lipinski definition) is 3. The van der Waals surface area contributed by atoms with Crippen LogP contribution in [0.25, 0.3) is 0 Å². The highest BCUT2D eigenvalue weighted by Gasteiger charge is 2.24. The second kappa shape index (κ2) is 5.88. The molecule has 4 heteroatoms. The normalized spacial score (nSPS) is 22.6. The van der Waals surface area contributed by atoms with Crippen LogP contribution in [-0.4, -0.2) is 42.2 Å². The molecule has 0 spiro atoms. The van der Waals surface area contributed by atoms with E-state index in [1.807, 2.05) is 0 Å². The number of likely N-dealkylation sites (N-methyl/N-ethyl adjacent to an activating group) is 1. The zero-order chi connectivity index (χ0) is 14.0. The predicted molar refractivity (Wildman–Crippen MR) is 76.0 cm³/mol. The Kier molecular flexibility index (Phi) is 4.42. The van der Waals surface area contributed by atoms with E-state index in [0.29, 0.717) is 17.3 Å². The Labute approximate surface area is 114 Å². The van der Waals surface area contributed by atoms with Crippen LogP contribution < -0.4 is 4.90 Å². The standard InChI is InChI=1S/C15H23FN2O/c1-4-17-7-8-18(10-11(17)2)15-6-5-13(12(3)19)9-14(15)16/h5-6,9,11-12,19H,4,7-8,10H2,1-3H3. The summed E-state index contributed by atoms with van der Waals surface area (Å²) in [6.07, 6.45) is -0.626. The van der Waals surface area contributed by atoms with Crippen molar-refractivity contribution in [3.8, 4) is 0 Å². The van der Waals surface area contributed by atoms with E-state index in [-0.39, 0.29) is 5.82 Å². The lowest BCUT2D eigenvalue weighted by molar-refractivity contribution is 0.197. The number of nitrogens with zero attached hydrogens (tertiary/aromatic N) is 2. The highest BCUT2D eigenvalue weighted by molar-refractivity contribution is 5.50. The number of rotatable bonds is 3. The molecule has 1 fully saturated rings. The lowest BCUT2D eigenvalue weighted by atomic mass is 10.1. The van der Waals surface area contributed by atoms with E-state index in [0.717, 1.165) is 26.2 Å². The maximum absolute atomic E-state index is 14.1. The quantitative estimate of drug-likeness (QED) is 0.910. The second-order valence-corrected chi connectivity index (χ2v) is 5.31. The van der Waals surface area contributed by atoms with Crippen molar-refractivity contribution in [3.63, 3.8) is 0 Å². The van der Waals surface area contributed by atoms with Gasteiger partial charge in [-0.15, -0.1) is 0 Å². The molecule has 1 aromatic carbocycles. The van der Waals surface area contributed by atoms with Gasteiger partial charge in [-0.05, 0) is 38.1 Å². The van der Waals surface area contributed by atoms with Crippen molar-refractivity contribution >= 4 is 5.69 Å². The summed E-state index contributed by atoms with van der Waals surface area (Å²) in [5.74, 6) is -0.240. The highest BCUT2D eigenvalue weighted by Crippen LogP contribution is 2.25. The number of hydrogen-bond donors (Lipinski definition) is 1. The molecule has 1 N–H and O–H groups in total. The van der Waals surface area contributed by atoms with Gasteiger partial charge in [0.25, 0.3) is 0 Å². The minimum atomic E-state index is -0.626. The Balaban J connectivity index is 2.15. The van der Waals surface area contributed by atoms with Crippen LogP contribution in [0, 0.1) is 5.82 Å². The van der Waals surface area contributed by atoms with Gasteiger partial charge in [0.2, 0.25) is 0 Å². The summed E-state index contributed by atoms with van der Waals surface area (Å²) in [6, 6.07) is 5.47. The Morgan fingerprint density at radius 3 is 2.68 bits per heavy atom. The first-order valence-electron chi connectivity index (χ1n) is 6.99. The minimum Gasteiger partial charge on any atom is -0.389 e. The molecule has 2 atom stereocenters. The summed E-state index contributed by atoms with van der Waals surface area (Å²) in [5, 5.41) is 9.47. The molecule has 1 saturated heterocycles. The van der Waals surface area contributed by atoms with E-state index in [2.05, 4.69) is 23.6 Å². The largest absolute Gasteiger partial charge is 0.389 e. The van der Waals surface area contributed by atoms with Gasteiger partial charge in [-0.25, -0.2) is 4.39 Å². The number of anilines is 1. The van der Waals surface area contributed by atoms with Gasteiger partial charge in [-0.2, -0.15) is 0 Å². The number of piperazine rings is 1. The first kappa shape index (κ1) is 14.3. The zero-order valence-corrected chi connectivity index (χ0v) is 11.9. The molecule has 0 bridgehead atoms. The van der Waals surface area contributed by atoms with Crippen LogP contribution in [0.5, 0.6) is 0 Å². The van der Waals surface area contributed by atoms with Crippen LogP contribution in [0.3, 0.4) is 0 Å². The molecule has 1 aromatic rings. The third kappa shape index (κ3) is 3.07. The molecule has 1 aliphatic rings. The van der Waals surface area contributed by atoms with Crippen LogP contribution in [0.1, 0.15) is 32.4 Å². The molecule has 106 valence electrons. The first-order valence-corrected chi connectivity index (χ1v) is 6.99. The second-order valence-electron chi connectivity index (χ2n) is 5.31. The zero-order valence-electron chi connectivity index (χ0n) is 11.9. The fraction of sp³-hybridized carbons (Fsp3) is 0.600. The molecule has 3 nitrogen and oxygen atoms in total. The summed E-state index contributed by atoms with van der Waals surface area (Å²) in [5.41, 5.74) is 1.27. The van der Waals surface area contributed by atoms with Crippen molar-refractivity contribution in [2.45, 2.75) is 32.9 Å². The maximum Gasteiger partial charge on any atom is 0.146 e. The van der Waals surface area contributed by atoms with Gasteiger partial charge in [0.05, 0.1) is 11.8 Å². The summed E-state index contributed by atoms with van der Waals surface area (Å²) in [7, 11) is 0. The van der Waals surface area contributed by atoms with Crippen molar-refractivity contribution in [1.82, 2.24) is 4.90 Å². The van der Waals surface area contributed by atoms with E-state index >= 15 is 0 Å². The lowest BCUT2D eigenvalue weighted by Gasteiger charge is -2.40. The molecular weight excluding hydrogens is 243 g/mol. The minimum absolute atomic E-state index is 0.240. The van der Waals surface area contributed by atoms with E-state index in [1.54, 1.807) is 19.1 Å². The van der Waals surface area contributed by atoms with E-state index in [9.17, 15) is 9.50 Å². The van der Waals surface area contributed by atoms with Gasteiger partial charge in [0, 0.05) is 25.7 Å². The van der Waals surface area contributed by atoms with Crippen molar-refractivity contribution in [3.05, 3.63) is 29.6 Å². The molecule has 2 unspecified atom stereocenters. The molecule has 0 amide bonds. The monoisotopic (exact) mass is 266 g/mol. The van der Waals surface area contributed by atoms with Crippen LogP contribution in [0.4, 0.5) is 10.1 Å². The SMILES string of the molecule is CCN1CCN(c2ccc(C(C)O)cc2F)CC1C. The Bertz CT molecular complexity index is 436. The van der Waals surface area contributed by atoms with Gasteiger partial charge in [-0.1, -0.05) is 13.0 Å². The molecule has 0 saturated carbocycles. The number of aliphatic hydroxyl groups is 1. The van der Waals surface area contributed by atoms with Crippen molar-refractivity contribution in [1.29, 1.82) is 0 Å². The van der Waals surface area contributed by atoms with Gasteiger partial charge in [-0.3, -0.25) is 4.90 Å². The summed E-state index contributed by atoms with van der Waals surface area (Å²) in [4.78, 5) is 4.50. The highest BCUT2D eigenvalue weighted by atomic mass is 19.1. The van der Waals surface area contributed by atoms with Gasteiger partial charge in [0.1, 0.15) is 5.82 Å². The Morgan fingerprint density at radius 2 is 2.16 bits per heavy atom. The van der Waals surface area contributed by atoms with Crippen molar-refractivity contribution < 1.29 is 9.50 Å². The Morgan fingerprint density at radius 1 is 1.42 bits per heavy atom. The summed E-state index contributed by atoms with van der Waals surface area (Å²) >= 11 is 0. The van der Waals surface area contributed by atoms with Gasteiger partial charge >= 0.3 is 0 Å². The van der Waals surface area contributed by atoms with Crippen molar-refractivity contribution in [2.24, 2.45) is 0 Å². The molecule has 0 aromatic heterocycles. The summed E-state index contributed by atoms with van der Waals surface area (Å²) in [6.45, 7) is 9.69. The Hall–Kier alpha value is -1.13. The first-order chi connectivity index (χ1) is 9.02. The molecule has 0 radical (unpaired) electrons. The molecule has 0 aliphatic carbocycles. The predicted octanol–water partition coefficient (Wildman–Crippen LogP) is 2.41. The fourth-order valence-electron chi connectivity index (χ4n) is 2.72. The van der Waals surface area contributed by atoms with Crippen LogP contribution in [0.2, 0.25) is 0 Å². The topological polar surface area (TPSA) is 26.7 Å². The van der Waals surface area contributed by atoms with Crippen LogP contribution in [-0.2, 0) is 0 Å². The third-order valence-electron chi connectivity index (χ3n) is 3.97. The van der Waals surface area contributed by atoms with Crippen molar-refractivity contribution in [2.75, 3.05) is 31.1 Å². The smallest absolute Gasteiger partial charge is 0.146 e. The molecular formula is C15H23FN2O. The van der Waals surface area contributed by atoms with Crippen LogP contribution in [0.15, 0.2) is 18.2 Å². The fourth-order valence-corrected chi connectivity index (χ4v) is 2.72. The molecule has 19 heavy (non-hydrogen) atoms. The number of benzene rings is 1. The van der Waals surface area contributed by atoms with Gasteiger partial charge in [0.15, 0.2) is 0 Å². The number of aliphatic hydroxyl groups excluding tert-OH is 1. The van der Waals surface area contributed by atoms with E-state index in [4.69, 9.17) is 0 Å². The molecule has 1 heterocycles. The van der Waals surface area contributed by atoms with E-state index < -0.39 is 6.10 Å². The third-order valence-corrected chi connectivity index (χ3v) is 3.97. The van der Waals surface area contributed by atoms with Gasteiger partial charge < -0.3 is 10.0 Å². The van der Waals surface area contributed by atoms with Crippen LogP contribution >= 0.6 is 0 Å². The van der Waals surface area contributed by atoms with E-state index in [1.165, 1.54) is 6.07 Å². The number of halogens is 1. The lowest BCUT2D eigenvalue weighted by Crippen LogP contribution is -2.51. The average Bonchev–Trinajstić information content (AvgIpc) is 2.38. The molecule has 2 rings (SSSR count). The maximum atomic E-state index is 14.1. The molecule has 1 aliphatic heterocycles. The average molecular weight is 266 g/mol. The summed E-state index contributed by atoms with van der Waals surface area (Å²) < 4.78 is 14.1.